The summed E-state index contributed by atoms with van der Waals surface area (Å²) in [6.45, 7) is 2.09. The lowest BCUT2D eigenvalue weighted by Crippen LogP contribution is -2.12. The van der Waals surface area contributed by atoms with E-state index in [0.29, 0.717) is 5.92 Å². The van der Waals surface area contributed by atoms with E-state index < -0.39 is 0 Å². The molecular weight excluding hydrogens is 142 g/mol. The third-order valence-electron chi connectivity index (χ3n) is 2.34. The fourth-order valence-corrected chi connectivity index (χ4v) is 1.69. The summed E-state index contributed by atoms with van der Waals surface area (Å²) in [5, 5.41) is 2.38. The fourth-order valence-electron chi connectivity index (χ4n) is 1.69. The molecule has 0 fully saturated rings. The molecular formula is C8H11NO2. The molecule has 0 amide bonds. The largest absolute Gasteiger partial charge is 0.383 e. The van der Waals surface area contributed by atoms with Crippen molar-refractivity contribution in [1.29, 1.82) is 0 Å². The highest BCUT2D eigenvalue weighted by molar-refractivity contribution is 5.20. The summed E-state index contributed by atoms with van der Waals surface area (Å²) in [6.07, 6.45) is 3.12. The van der Waals surface area contributed by atoms with Crippen LogP contribution < -0.4 is 5.56 Å². The molecule has 0 saturated heterocycles. The summed E-state index contributed by atoms with van der Waals surface area (Å²) in [5.74, 6) is 1.29. The Labute approximate surface area is 64.4 Å². The Morgan fingerprint density at radius 1 is 1.64 bits per heavy atom. The van der Waals surface area contributed by atoms with E-state index in [1.807, 2.05) is 0 Å². The van der Waals surface area contributed by atoms with Crippen molar-refractivity contribution in [3.8, 4) is 0 Å². The van der Waals surface area contributed by atoms with Gasteiger partial charge in [0.25, 0.3) is 5.56 Å². The van der Waals surface area contributed by atoms with E-state index in [-0.39, 0.29) is 5.56 Å². The summed E-state index contributed by atoms with van der Waals surface area (Å²) >= 11 is 0. The van der Waals surface area contributed by atoms with Crippen molar-refractivity contribution in [1.82, 2.24) is 5.16 Å². The van der Waals surface area contributed by atoms with E-state index in [1.165, 1.54) is 0 Å². The first-order chi connectivity index (χ1) is 5.29. The van der Waals surface area contributed by atoms with Crippen LogP contribution in [0.5, 0.6) is 0 Å². The van der Waals surface area contributed by atoms with Crippen LogP contribution in [0, 0.1) is 0 Å². The lowest BCUT2D eigenvalue weighted by molar-refractivity contribution is 0.346. The second-order valence-electron chi connectivity index (χ2n) is 3.17. The molecule has 0 spiro atoms. The van der Waals surface area contributed by atoms with Crippen molar-refractivity contribution in [2.75, 3.05) is 0 Å². The Kier molecular flexibility index (Phi) is 1.37. The number of hydrogen-bond acceptors (Lipinski definition) is 2. The lowest BCUT2D eigenvalue weighted by Gasteiger charge is -2.13. The number of fused-ring (bicyclic) bond motifs is 1. The molecule has 1 aliphatic carbocycles. The van der Waals surface area contributed by atoms with Crippen LogP contribution in [0.4, 0.5) is 0 Å². The smallest absolute Gasteiger partial charge is 0.283 e. The molecule has 1 aromatic rings. The minimum atomic E-state index is -0.0356. The average molecular weight is 153 g/mol. The summed E-state index contributed by atoms with van der Waals surface area (Å²) in [6, 6.07) is 0. The maximum absolute atomic E-state index is 11.1. The Morgan fingerprint density at radius 3 is 3.18 bits per heavy atom. The van der Waals surface area contributed by atoms with Gasteiger partial charge in [-0.25, -0.2) is 0 Å². The van der Waals surface area contributed by atoms with Gasteiger partial charge in [0.15, 0.2) is 0 Å². The highest BCUT2D eigenvalue weighted by Crippen LogP contribution is 2.28. The van der Waals surface area contributed by atoms with Gasteiger partial charge in [0, 0.05) is 5.92 Å². The Bertz CT molecular complexity index is 310. The summed E-state index contributed by atoms with van der Waals surface area (Å²) in [7, 11) is 0. The number of H-pyrrole nitrogens is 1. The van der Waals surface area contributed by atoms with Gasteiger partial charge < -0.3 is 4.52 Å². The predicted molar refractivity (Wildman–Crippen MR) is 40.7 cm³/mol. The second kappa shape index (κ2) is 2.26. The number of aromatic amines is 1. The standard InChI is InChI=1S/C8H11NO2/c1-5-3-2-4-6-7(5)11-9-8(6)10/h5H,2-4H2,1H3,(H,9,10). The third-order valence-corrected chi connectivity index (χ3v) is 2.34. The molecule has 1 N–H and O–H groups in total. The summed E-state index contributed by atoms with van der Waals surface area (Å²) < 4.78 is 5.06. The minimum absolute atomic E-state index is 0.0356. The molecule has 0 aliphatic heterocycles. The predicted octanol–water partition coefficient (Wildman–Crippen LogP) is 1.41. The van der Waals surface area contributed by atoms with Gasteiger partial charge in [-0.15, -0.1) is 0 Å². The summed E-state index contributed by atoms with van der Waals surface area (Å²) in [5.41, 5.74) is 0.829. The molecule has 1 heterocycles. The molecule has 0 radical (unpaired) electrons. The molecule has 0 saturated carbocycles. The topological polar surface area (TPSA) is 46.0 Å². The molecule has 60 valence electrons. The first kappa shape index (κ1) is 6.70. The van der Waals surface area contributed by atoms with E-state index >= 15 is 0 Å². The van der Waals surface area contributed by atoms with E-state index in [9.17, 15) is 4.79 Å². The van der Waals surface area contributed by atoms with Crippen LogP contribution in [-0.4, -0.2) is 5.16 Å². The molecule has 11 heavy (non-hydrogen) atoms. The third kappa shape index (κ3) is 0.914. The zero-order chi connectivity index (χ0) is 7.84. The van der Waals surface area contributed by atoms with Crippen molar-refractivity contribution < 1.29 is 4.52 Å². The van der Waals surface area contributed by atoms with Gasteiger partial charge in [0.05, 0.1) is 5.56 Å². The van der Waals surface area contributed by atoms with Crippen LogP contribution in [0.1, 0.15) is 37.0 Å². The van der Waals surface area contributed by atoms with Gasteiger partial charge in [-0.1, -0.05) is 6.92 Å². The van der Waals surface area contributed by atoms with Gasteiger partial charge in [0.2, 0.25) is 0 Å². The lowest BCUT2D eigenvalue weighted by atomic mass is 9.90. The Hall–Kier alpha value is -0.990. The van der Waals surface area contributed by atoms with Crippen LogP contribution >= 0.6 is 0 Å². The molecule has 1 aromatic heterocycles. The SMILES string of the molecule is CC1CCCc2c1o[nH]c2=O. The second-order valence-corrected chi connectivity index (χ2v) is 3.17. The van der Waals surface area contributed by atoms with Gasteiger partial charge in [-0.05, 0) is 19.3 Å². The number of aromatic nitrogens is 1. The fraction of sp³-hybridized carbons (Fsp3) is 0.625. The Morgan fingerprint density at radius 2 is 2.45 bits per heavy atom. The van der Waals surface area contributed by atoms with Crippen molar-refractivity contribution in [2.24, 2.45) is 0 Å². The first-order valence-corrected chi connectivity index (χ1v) is 3.99. The number of nitrogens with one attached hydrogen (secondary N) is 1. The van der Waals surface area contributed by atoms with Crippen LogP contribution in [0.2, 0.25) is 0 Å². The zero-order valence-electron chi connectivity index (χ0n) is 6.52. The zero-order valence-corrected chi connectivity index (χ0v) is 6.52. The molecule has 0 aromatic carbocycles. The first-order valence-electron chi connectivity index (χ1n) is 3.99. The molecule has 1 aliphatic rings. The van der Waals surface area contributed by atoms with Gasteiger partial charge in [0.1, 0.15) is 5.76 Å². The van der Waals surface area contributed by atoms with Crippen molar-refractivity contribution in [3.05, 3.63) is 21.7 Å². The normalized spacial score (nSPS) is 23.2. The van der Waals surface area contributed by atoms with Crippen molar-refractivity contribution in [2.45, 2.75) is 32.1 Å². The van der Waals surface area contributed by atoms with Crippen molar-refractivity contribution >= 4 is 0 Å². The Balaban J connectivity index is 2.55. The minimum Gasteiger partial charge on any atom is -0.383 e. The van der Waals surface area contributed by atoms with Gasteiger partial charge in [-0.2, -0.15) is 5.16 Å². The van der Waals surface area contributed by atoms with E-state index in [4.69, 9.17) is 4.52 Å². The molecule has 1 atom stereocenters. The van der Waals surface area contributed by atoms with E-state index in [0.717, 1.165) is 30.6 Å². The quantitative estimate of drug-likeness (QED) is 0.612. The van der Waals surface area contributed by atoms with Crippen LogP contribution in [0.25, 0.3) is 0 Å². The highest BCUT2D eigenvalue weighted by atomic mass is 16.5. The maximum atomic E-state index is 11.1. The van der Waals surface area contributed by atoms with Gasteiger partial charge >= 0.3 is 0 Å². The molecule has 0 bridgehead atoms. The van der Waals surface area contributed by atoms with Crippen LogP contribution in [0.3, 0.4) is 0 Å². The molecule has 3 nitrogen and oxygen atoms in total. The maximum Gasteiger partial charge on any atom is 0.283 e. The molecule has 3 heteroatoms. The van der Waals surface area contributed by atoms with Crippen LogP contribution in [-0.2, 0) is 6.42 Å². The summed E-state index contributed by atoms with van der Waals surface area (Å²) in [4.78, 5) is 11.1. The average Bonchev–Trinajstić information content (AvgIpc) is 2.35. The number of rotatable bonds is 0. The van der Waals surface area contributed by atoms with Crippen molar-refractivity contribution in [3.63, 3.8) is 0 Å². The van der Waals surface area contributed by atoms with E-state index in [2.05, 4.69) is 12.1 Å². The molecule has 2 rings (SSSR count). The van der Waals surface area contributed by atoms with Crippen LogP contribution in [0.15, 0.2) is 9.32 Å². The van der Waals surface area contributed by atoms with Gasteiger partial charge in [-0.3, -0.25) is 4.79 Å². The highest BCUT2D eigenvalue weighted by Gasteiger charge is 2.22. The molecule has 1 unspecified atom stereocenters. The number of hydrogen-bond donors (Lipinski definition) is 1. The monoisotopic (exact) mass is 153 g/mol. The van der Waals surface area contributed by atoms with E-state index in [1.54, 1.807) is 0 Å².